The largest absolute Gasteiger partial charge is 0.481 e. The van der Waals surface area contributed by atoms with Crippen molar-refractivity contribution in [3.63, 3.8) is 0 Å². The minimum absolute atomic E-state index is 0.192. The molecule has 0 spiro atoms. The van der Waals surface area contributed by atoms with Crippen LogP contribution in [0.1, 0.15) is 24.8 Å². The highest BCUT2D eigenvalue weighted by Gasteiger charge is 2.24. The van der Waals surface area contributed by atoms with E-state index in [1.807, 2.05) is 24.3 Å². The van der Waals surface area contributed by atoms with Gasteiger partial charge in [-0.05, 0) is 30.4 Å². The molecule has 1 aliphatic carbocycles. The van der Waals surface area contributed by atoms with Gasteiger partial charge in [-0.15, -0.1) is 0 Å². The lowest BCUT2D eigenvalue weighted by molar-refractivity contribution is -0.137. The van der Waals surface area contributed by atoms with E-state index in [1.54, 1.807) is 0 Å². The maximum Gasteiger partial charge on any atom is 0.304 e. The average molecular weight is 268 g/mol. The Kier molecular flexibility index (Phi) is 4.61. The van der Waals surface area contributed by atoms with Crippen molar-refractivity contribution in [2.24, 2.45) is 5.92 Å². The number of carboxylic acid groups (broad SMARTS) is 1. The molecule has 1 aliphatic rings. The molecule has 0 saturated heterocycles. The molecule has 98 valence electrons. The van der Waals surface area contributed by atoms with Gasteiger partial charge in [0.2, 0.25) is 0 Å². The number of halogens is 1. The molecule has 3 nitrogen and oxygen atoms in total. The Labute approximate surface area is 112 Å². The van der Waals surface area contributed by atoms with Crippen molar-refractivity contribution in [1.29, 1.82) is 0 Å². The lowest BCUT2D eigenvalue weighted by Crippen LogP contribution is -2.28. The molecular weight excluding hydrogens is 250 g/mol. The van der Waals surface area contributed by atoms with Gasteiger partial charge in [0.25, 0.3) is 0 Å². The highest BCUT2D eigenvalue weighted by atomic mass is 35.5. The van der Waals surface area contributed by atoms with Crippen molar-refractivity contribution in [3.8, 4) is 0 Å². The summed E-state index contributed by atoms with van der Waals surface area (Å²) in [6.07, 6.45) is 2.73. The lowest BCUT2D eigenvalue weighted by Gasteiger charge is -2.22. The predicted octanol–water partition coefficient (Wildman–Crippen LogP) is 3.03. The van der Waals surface area contributed by atoms with Gasteiger partial charge in [0.05, 0.1) is 6.42 Å². The van der Waals surface area contributed by atoms with Crippen LogP contribution in [0.4, 0.5) is 0 Å². The molecule has 0 heterocycles. The van der Waals surface area contributed by atoms with Gasteiger partial charge in [-0.25, -0.2) is 0 Å². The van der Waals surface area contributed by atoms with Crippen LogP contribution in [0.25, 0.3) is 0 Å². The molecule has 1 aromatic carbocycles. The summed E-state index contributed by atoms with van der Waals surface area (Å²) in [5.41, 5.74) is 1.07. The summed E-state index contributed by atoms with van der Waals surface area (Å²) in [7, 11) is 0. The third-order valence-corrected chi connectivity index (χ3v) is 3.58. The summed E-state index contributed by atoms with van der Waals surface area (Å²) >= 11 is 6.14. The van der Waals surface area contributed by atoms with Crippen molar-refractivity contribution >= 4 is 17.6 Å². The van der Waals surface area contributed by atoms with E-state index in [-0.39, 0.29) is 6.42 Å². The van der Waals surface area contributed by atoms with Gasteiger partial charge in [-0.3, -0.25) is 9.69 Å². The molecule has 2 rings (SSSR count). The number of carboxylic acids is 1. The van der Waals surface area contributed by atoms with Crippen molar-refractivity contribution in [3.05, 3.63) is 34.9 Å². The van der Waals surface area contributed by atoms with Crippen molar-refractivity contribution in [1.82, 2.24) is 4.90 Å². The zero-order valence-electron chi connectivity index (χ0n) is 10.3. The van der Waals surface area contributed by atoms with Crippen molar-refractivity contribution < 1.29 is 9.90 Å². The van der Waals surface area contributed by atoms with E-state index in [2.05, 4.69) is 4.90 Å². The van der Waals surface area contributed by atoms with Crippen LogP contribution in [0, 0.1) is 5.92 Å². The molecule has 1 aromatic rings. The fraction of sp³-hybridized carbons (Fsp3) is 0.500. The number of rotatable bonds is 7. The molecule has 0 bridgehead atoms. The number of hydrogen-bond acceptors (Lipinski definition) is 2. The number of nitrogens with zero attached hydrogens (tertiary/aromatic N) is 1. The Bertz CT molecular complexity index is 418. The van der Waals surface area contributed by atoms with E-state index in [4.69, 9.17) is 16.7 Å². The normalized spacial score (nSPS) is 15.0. The third-order valence-electron chi connectivity index (χ3n) is 3.21. The summed E-state index contributed by atoms with van der Waals surface area (Å²) in [6.45, 7) is 2.32. The van der Waals surface area contributed by atoms with Gasteiger partial charge in [-0.1, -0.05) is 29.8 Å². The Morgan fingerprint density at radius 1 is 1.39 bits per heavy atom. The number of hydrogen-bond donors (Lipinski definition) is 1. The van der Waals surface area contributed by atoms with Gasteiger partial charge in [0, 0.05) is 24.7 Å². The summed E-state index contributed by atoms with van der Waals surface area (Å²) in [6, 6.07) is 7.76. The molecule has 1 fully saturated rings. The molecule has 0 aliphatic heterocycles. The summed E-state index contributed by atoms with van der Waals surface area (Å²) < 4.78 is 0. The van der Waals surface area contributed by atoms with E-state index < -0.39 is 5.97 Å². The third kappa shape index (κ3) is 4.31. The Hall–Kier alpha value is -1.06. The molecule has 0 atom stereocenters. The van der Waals surface area contributed by atoms with Crippen LogP contribution in [0.2, 0.25) is 5.02 Å². The molecule has 0 unspecified atom stereocenters. The second-order valence-electron chi connectivity index (χ2n) is 4.91. The van der Waals surface area contributed by atoms with E-state index in [0.29, 0.717) is 6.54 Å². The monoisotopic (exact) mass is 267 g/mol. The maximum atomic E-state index is 10.7. The first-order valence-electron chi connectivity index (χ1n) is 6.32. The first-order valence-corrected chi connectivity index (χ1v) is 6.70. The van der Waals surface area contributed by atoms with Crippen LogP contribution in [0.3, 0.4) is 0 Å². The second-order valence-corrected chi connectivity index (χ2v) is 5.32. The van der Waals surface area contributed by atoms with Crippen LogP contribution in [0.15, 0.2) is 24.3 Å². The molecule has 0 aromatic heterocycles. The SMILES string of the molecule is O=C(O)CCN(Cc1ccccc1Cl)CC1CC1. The molecule has 1 saturated carbocycles. The Morgan fingerprint density at radius 2 is 2.11 bits per heavy atom. The Morgan fingerprint density at radius 3 is 2.72 bits per heavy atom. The number of aliphatic carboxylic acids is 1. The lowest BCUT2D eigenvalue weighted by atomic mass is 10.2. The van der Waals surface area contributed by atoms with Crippen LogP contribution in [0.5, 0.6) is 0 Å². The fourth-order valence-electron chi connectivity index (χ4n) is 2.02. The van der Waals surface area contributed by atoms with Crippen LogP contribution < -0.4 is 0 Å². The highest BCUT2D eigenvalue weighted by molar-refractivity contribution is 6.31. The van der Waals surface area contributed by atoms with Crippen LogP contribution in [-0.2, 0) is 11.3 Å². The summed E-state index contributed by atoms with van der Waals surface area (Å²) in [5.74, 6) is 0.0104. The Balaban J connectivity index is 1.94. The molecule has 0 radical (unpaired) electrons. The zero-order chi connectivity index (χ0) is 13.0. The predicted molar refractivity (Wildman–Crippen MR) is 71.7 cm³/mol. The van der Waals surface area contributed by atoms with Crippen LogP contribution >= 0.6 is 11.6 Å². The van der Waals surface area contributed by atoms with E-state index in [1.165, 1.54) is 12.8 Å². The number of carbonyl (C=O) groups is 1. The standard InChI is InChI=1S/C14H18ClNO2/c15-13-4-2-1-3-12(13)10-16(8-7-14(17)18)9-11-5-6-11/h1-4,11H,5-10H2,(H,17,18). The van der Waals surface area contributed by atoms with E-state index >= 15 is 0 Å². The molecule has 1 N–H and O–H groups in total. The summed E-state index contributed by atoms with van der Waals surface area (Å²) in [5, 5.41) is 9.54. The average Bonchev–Trinajstić information content (AvgIpc) is 3.13. The van der Waals surface area contributed by atoms with Crippen molar-refractivity contribution in [2.45, 2.75) is 25.8 Å². The van der Waals surface area contributed by atoms with E-state index in [9.17, 15) is 4.79 Å². The molecule has 0 amide bonds. The highest BCUT2D eigenvalue weighted by Crippen LogP contribution is 2.30. The van der Waals surface area contributed by atoms with Gasteiger partial charge in [0.15, 0.2) is 0 Å². The van der Waals surface area contributed by atoms with Gasteiger partial charge < -0.3 is 5.11 Å². The number of benzene rings is 1. The van der Waals surface area contributed by atoms with Crippen molar-refractivity contribution in [2.75, 3.05) is 13.1 Å². The quantitative estimate of drug-likeness (QED) is 0.826. The van der Waals surface area contributed by atoms with Gasteiger partial charge in [-0.2, -0.15) is 0 Å². The van der Waals surface area contributed by atoms with Gasteiger partial charge in [0.1, 0.15) is 0 Å². The summed E-state index contributed by atoms with van der Waals surface area (Å²) in [4.78, 5) is 12.9. The minimum Gasteiger partial charge on any atom is -0.481 e. The maximum absolute atomic E-state index is 10.7. The second kappa shape index (κ2) is 6.21. The topological polar surface area (TPSA) is 40.5 Å². The van der Waals surface area contributed by atoms with Gasteiger partial charge >= 0.3 is 5.97 Å². The first-order chi connectivity index (χ1) is 8.65. The molecule has 4 heteroatoms. The molecular formula is C14H18ClNO2. The minimum atomic E-state index is -0.741. The van der Waals surface area contributed by atoms with E-state index in [0.717, 1.165) is 29.6 Å². The smallest absolute Gasteiger partial charge is 0.304 e. The molecule has 18 heavy (non-hydrogen) atoms. The fourth-order valence-corrected chi connectivity index (χ4v) is 2.22. The zero-order valence-corrected chi connectivity index (χ0v) is 11.1. The first kappa shape index (κ1) is 13.4. The van der Waals surface area contributed by atoms with Crippen LogP contribution in [-0.4, -0.2) is 29.1 Å².